The van der Waals surface area contributed by atoms with E-state index >= 15 is 0 Å². The average Bonchev–Trinajstić information content (AvgIpc) is 2.41. The fraction of sp³-hybridized carbons (Fsp3) is 0.643. The van der Waals surface area contributed by atoms with Gasteiger partial charge in [0.1, 0.15) is 5.82 Å². The van der Waals surface area contributed by atoms with E-state index in [1.807, 2.05) is 11.8 Å². The topological polar surface area (TPSA) is 28.2 Å². The minimum atomic E-state index is 0.674. The van der Waals surface area contributed by atoms with Crippen molar-refractivity contribution in [3.8, 4) is 0 Å². The van der Waals surface area contributed by atoms with Crippen LogP contribution < -0.4 is 10.2 Å². The van der Waals surface area contributed by atoms with Gasteiger partial charge in [0.15, 0.2) is 0 Å². The van der Waals surface area contributed by atoms with E-state index in [1.54, 1.807) is 6.20 Å². The highest BCUT2D eigenvalue weighted by Crippen LogP contribution is 2.25. The Bertz CT molecular complexity index is 414. The largest absolute Gasteiger partial charge is 0.355 e. The van der Waals surface area contributed by atoms with Gasteiger partial charge in [0, 0.05) is 36.8 Å². The van der Waals surface area contributed by atoms with E-state index in [9.17, 15) is 0 Å². The molecule has 0 aromatic carbocycles. The normalized spacial score (nSPS) is 19.7. The number of hydrogen-bond donors (Lipinski definition) is 1. The van der Waals surface area contributed by atoms with Crippen molar-refractivity contribution in [3.63, 3.8) is 0 Å². The molecule has 106 valence electrons. The van der Waals surface area contributed by atoms with Gasteiger partial charge in [-0.05, 0) is 24.6 Å². The second-order valence-electron chi connectivity index (χ2n) is 4.94. The maximum absolute atomic E-state index is 6.22. The van der Waals surface area contributed by atoms with Crippen LogP contribution in [0.25, 0.3) is 0 Å². The first kappa shape index (κ1) is 14.9. The Hall–Kier alpha value is -0.450. The minimum absolute atomic E-state index is 0.674. The Morgan fingerprint density at radius 3 is 3.16 bits per heavy atom. The first-order valence-electron chi connectivity index (χ1n) is 6.92. The van der Waals surface area contributed by atoms with Crippen LogP contribution in [0.1, 0.15) is 25.8 Å². The fourth-order valence-corrected chi connectivity index (χ4v) is 3.39. The van der Waals surface area contributed by atoms with Gasteiger partial charge in [-0.25, -0.2) is 4.98 Å². The molecule has 0 bridgehead atoms. The van der Waals surface area contributed by atoms with Crippen molar-refractivity contribution in [2.75, 3.05) is 30.3 Å². The molecule has 1 aliphatic heterocycles. The van der Waals surface area contributed by atoms with E-state index in [-0.39, 0.29) is 0 Å². The summed E-state index contributed by atoms with van der Waals surface area (Å²) in [7, 11) is 0. The Labute approximate surface area is 125 Å². The van der Waals surface area contributed by atoms with Crippen molar-refractivity contribution in [1.82, 2.24) is 10.3 Å². The minimum Gasteiger partial charge on any atom is -0.355 e. The molecule has 1 N–H and O–H groups in total. The number of aromatic nitrogens is 1. The molecule has 3 nitrogen and oxygen atoms in total. The molecule has 0 spiro atoms. The van der Waals surface area contributed by atoms with Crippen LogP contribution in [0.3, 0.4) is 0 Å². The maximum atomic E-state index is 6.22. The third kappa shape index (κ3) is 4.26. The number of hydrogen-bond acceptors (Lipinski definition) is 4. The number of halogens is 1. The second kappa shape index (κ2) is 7.36. The van der Waals surface area contributed by atoms with Crippen molar-refractivity contribution >= 4 is 29.2 Å². The lowest BCUT2D eigenvalue weighted by Gasteiger charge is -2.31. The first-order chi connectivity index (χ1) is 9.20. The molecular formula is C14H22ClN3S. The zero-order valence-electron chi connectivity index (χ0n) is 11.7. The van der Waals surface area contributed by atoms with Crippen molar-refractivity contribution in [2.24, 2.45) is 0 Å². The summed E-state index contributed by atoms with van der Waals surface area (Å²) in [6, 6.07) is 2.13. The predicted octanol–water partition coefficient (Wildman–Crippen LogP) is 3.18. The van der Waals surface area contributed by atoms with E-state index in [0.717, 1.165) is 49.0 Å². The number of nitrogens with zero attached hydrogens (tertiary/aromatic N) is 2. The first-order valence-corrected chi connectivity index (χ1v) is 8.35. The number of thioether (sulfide) groups is 1. The van der Waals surface area contributed by atoms with Crippen LogP contribution in [0.2, 0.25) is 5.02 Å². The van der Waals surface area contributed by atoms with Gasteiger partial charge in [-0.3, -0.25) is 0 Å². The summed E-state index contributed by atoms with van der Waals surface area (Å²) in [4.78, 5) is 6.84. The molecule has 1 fully saturated rings. The lowest BCUT2D eigenvalue weighted by atomic mass is 10.2. The highest BCUT2D eigenvalue weighted by Gasteiger charge is 2.18. The Balaban J connectivity index is 2.06. The van der Waals surface area contributed by atoms with Crippen LogP contribution in [0, 0.1) is 0 Å². The molecule has 2 rings (SSSR count). The van der Waals surface area contributed by atoms with Gasteiger partial charge in [0.25, 0.3) is 0 Å². The summed E-state index contributed by atoms with van der Waals surface area (Å²) >= 11 is 8.25. The Morgan fingerprint density at radius 2 is 2.42 bits per heavy atom. The molecule has 19 heavy (non-hydrogen) atoms. The van der Waals surface area contributed by atoms with Gasteiger partial charge in [-0.15, -0.1) is 0 Å². The predicted molar refractivity (Wildman–Crippen MR) is 85.4 cm³/mol. The molecule has 0 radical (unpaired) electrons. The lowest BCUT2D eigenvalue weighted by Crippen LogP contribution is -2.37. The maximum Gasteiger partial charge on any atom is 0.128 e. The van der Waals surface area contributed by atoms with Crippen LogP contribution in [-0.2, 0) is 6.54 Å². The van der Waals surface area contributed by atoms with Gasteiger partial charge >= 0.3 is 0 Å². The molecule has 1 saturated heterocycles. The third-order valence-electron chi connectivity index (χ3n) is 3.23. The fourth-order valence-electron chi connectivity index (χ4n) is 2.20. The van der Waals surface area contributed by atoms with Gasteiger partial charge in [-0.1, -0.05) is 25.4 Å². The van der Waals surface area contributed by atoms with Crippen LogP contribution in [-0.4, -0.2) is 35.6 Å². The molecule has 0 amide bonds. The zero-order valence-corrected chi connectivity index (χ0v) is 13.2. The van der Waals surface area contributed by atoms with E-state index in [2.05, 4.69) is 35.1 Å². The summed E-state index contributed by atoms with van der Waals surface area (Å²) in [5.74, 6) is 2.24. The van der Waals surface area contributed by atoms with Crippen molar-refractivity contribution < 1.29 is 0 Å². The van der Waals surface area contributed by atoms with Gasteiger partial charge in [-0.2, -0.15) is 11.8 Å². The second-order valence-corrected chi connectivity index (χ2v) is 6.89. The standard InChI is InChI=1S/C14H22ClN3S/c1-3-4-16-8-12-7-14(17-9-13(12)15)18-5-6-19-11(2)10-18/h7,9,11,16H,3-6,8,10H2,1-2H3. The summed E-state index contributed by atoms with van der Waals surface area (Å²) in [5.41, 5.74) is 1.14. The van der Waals surface area contributed by atoms with Crippen LogP contribution in [0.4, 0.5) is 5.82 Å². The molecule has 0 saturated carbocycles. The molecule has 1 atom stereocenters. The van der Waals surface area contributed by atoms with E-state index in [4.69, 9.17) is 11.6 Å². The molecule has 1 aromatic rings. The highest BCUT2D eigenvalue weighted by atomic mass is 35.5. The van der Waals surface area contributed by atoms with Crippen LogP contribution in [0.15, 0.2) is 12.3 Å². The van der Waals surface area contributed by atoms with E-state index < -0.39 is 0 Å². The zero-order chi connectivity index (χ0) is 13.7. The molecule has 1 aliphatic rings. The average molecular weight is 300 g/mol. The van der Waals surface area contributed by atoms with Gasteiger partial charge in [0.05, 0.1) is 5.02 Å². The SMILES string of the molecule is CCCNCc1cc(N2CCSC(C)C2)ncc1Cl. The summed E-state index contributed by atoms with van der Waals surface area (Å²) < 4.78 is 0. The van der Waals surface area contributed by atoms with Crippen molar-refractivity contribution in [3.05, 3.63) is 22.8 Å². The van der Waals surface area contributed by atoms with Crippen LogP contribution in [0.5, 0.6) is 0 Å². The summed E-state index contributed by atoms with van der Waals surface area (Å²) in [5, 5.41) is 4.83. The van der Waals surface area contributed by atoms with Crippen LogP contribution >= 0.6 is 23.4 Å². The van der Waals surface area contributed by atoms with Crippen molar-refractivity contribution in [2.45, 2.75) is 32.1 Å². The van der Waals surface area contributed by atoms with Gasteiger partial charge < -0.3 is 10.2 Å². The number of anilines is 1. The molecule has 1 aromatic heterocycles. The van der Waals surface area contributed by atoms with Gasteiger partial charge in [0.2, 0.25) is 0 Å². The smallest absolute Gasteiger partial charge is 0.128 e. The Morgan fingerprint density at radius 1 is 1.58 bits per heavy atom. The molecule has 2 heterocycles. The molecule has 0 aliphatic carbocycles. The Kier molecular flexibility index (Phi) is 5.79. The quantitative estimate of drug-likeness (QED) is 0.845. The molecule has 5 heteroatoms. The third-order valence-corrected chi connectivity index (χ3v) is 4.70. The van der Waals surface area contributed by atoms with E-state index in [0.29, 0.717) is 5.25 Å². The van der Waals surface area contributed by atoms with Crippen molar-refractivity contribution in [1.29, 1.82) is 0 Å². The summed E-state index contributed by atoms with van der Waals surface area (Å²) in [6.45, 7) is 8.42. The number of rotatable bonds is 5. The number of pyridine rings is 1. The highest BCUT2D eigenvalue weighted by molar-refractivity contribution is 8.00. The molecular weight excluding hydrogens is 278 g/mol. The lowest BCUT2D eigenvalue weighted by molar-refractivity contribution is 0.674. The summed E-state index contributed by atoms with van der Waals surface area (Å²) in [6.07, 6.45) is 2.92. The molecule has 1 unspecified atom stereocenters. The number of nitrogens with one attached hydrogen (secondary N) is 1. The van der Waals surface area contributed by atoms with E-state index in [1.165, 1.54) is 5.75 Å². The monoisotopic (exact) mass is 299 g/mol.